The number of amides is 1. The van der Waals surface area contributed by atoms with Gasteiger partial charge in [-0.25, -0.2) is 14.4 Å². The van der Waals surface area contributed by atoms with E-state index in [1.165, 1.54) is 29.8 Å². The number of rotatable bonds is 8. The van der Waals surface area contributed by atoms with E-state index in [1.54, 1.807) is 12.1 Å². The second kappa shape index (κ2) is 8.68. The normalized spacial score (nSPS) is 10.8. The third-order valence-electron chi connectivity index (χ3n) is 3.83. The maximum absolute atomic E-state index is 13.2. The number of nitrogens with zero attached hydrogens (tertiary/aromatic N) is 2. The van der Waals surface area contributed by atoms with Gasteiger partial charge in [0, 0.05) is 37.1 Å². The van der Waals surface area contributed by atoms with Crippen LogP contribution in [0.5, 0.6) is 0 Å². The van der Waals surface area contributed by atoms with Crippen molar-refractivity contribution >= 4 is 33.3 Å². The lowest BCUT2D eigenvalue weighted by atomic mass is 10.1. The van der Waals surface area contributed by atoms with Crippen molar-refractivity contribution in [1.29, 1.82) is 0 Å². The van der Waals surface area contributed by atoms with Gasteiger partial charge >= 0.3 is 0 Å². The second-order valence-corrected chi connectivity index (χ2v) is 6.52. The highest BCUT2D eigenvalue weighted by Crippen LogP contribution is 2.36. The minimum Gasteiger partial charge on any atom is -0.396 e. The molecule has 0 spiro atoms. The summed E-state index contributed by atoms with van der Waals surface area (Å²) < 4.78 is 13.2. The van der Waals surface area contributed by atoms with Crippen LogP contribution >= 0.6 is 11.3 Å². The lowest BCUT2D eigenvalue weighted by Crippen LogP contribution is -2.26. The molecule has 3 aromatic rings. The Labute approximate surface area is 154 Å². The number of anilines is 1. The zero-order chi connectivity index (χ0) is 18.4. The number of aliphatic hydroxyl groups excluding tert-OH is 1. The van der Waals surface area contributed by atoms with E-state index in [0.717, 1.165) is 21.3 Å². The maximum Gasteiger partial charge on any atom is 0.221 e. The molecule has 0 aliphatic carbocycles. The standard InChI is InChI=1S/C18H19FN4O2S/c19-13-4-2-12(3-5-13)14-10-26-18-16(14)17(22-11-23-18)21-8-6-15(25)20-7-1-9-24/h2-5,10-11,24H,1,6-9H2,(H,20,25)(H,21,22,23). The first kappa shape index (κ1) is 18.2. The first-order valence-electron chi connectivity index (χ1n) is 8.28. The van der Waals surface area contributed by atoms with Gasteiger partial charge in [-0.1, -0.05) is 12.1 Å². The molecule has 0 saturated carbocycles. The van der Waals surface area contributed by atoms with Crippen molar-refractivity contribution in [2.24, 2.45) is 0 Å². The molecular weight excluding hydrogens is 355 g/mol. The quantitative estimate of drug-likeness (QED) is 0.528. The van der Waals surface area contributed by atoms with E-state index in [4.69, 9.17) is 5.11 Å². The van der Waals surface area contributed by atoms with E-state index in [0.29, 0.717) is 31.7 Å². The second-order valence-electron chi connectivity index (χ2n) is 5.66. The largest absolute Gasteiger partial charge is 0.396 e. The van der Waals surface area contributed by atoms with Crippen molar-refractivity contribution in [3.8, 4) is 11.1 Å². The van der Waals surface area contributed by atoms with Crippen LogP contribution in [-0.2, 0) is 4.79 Å². The van der Waals surface area contributed by atoms with E-state index in [-0.39, 0.29) is 18.3 Å². The summed E-state index contributed by atoms with van der Waals surface area (Å²) >= 11 is 1.49. The molecule has 2 aromatic heterocycles. The van der Waals surface area contributed by atoms with Crippen molar-refractivity contribution < 1.29 is 14.3 Å². The topological polar surface area (TPSA) is 87.1 Å². The summed E-state index contributed by atoms with van der Waals surface area (Å²) in [5.74, 6) is 0.286. The van der Waals surface area contributed by atoms with E-state index in [1.807, 2.05) is 5.38 Å². The van der Waals surface area contributed by atoms with Gasteiger partial charge in [0.25, 0.3) is 0 Å². The van der Waals surface area contributed by atoms with Crippen LogP contribution in [0.25, 0.3) is 21.3 Å². The minimum absolute atomic E-state index is 0.0573. The smallest absolute Gasteiger partial charge is 0.221 e. The van der Waals surface area contributed by atoms with Crippen molar-refractivity contribution in [3.05, 3.63) is 41.8 Å². The van der Waals surface area contributed by atoms with E-state index in [9.17, 15) is 9.18 Å². The lowest BCUT2D eigenvalue weighted by molar-refractivity contribution is -0.120. The summed E-state index contributed by atoms with van der Waals surface area (Å²) in [5.41, 5.74) is 1.82. The molecule has 0 atom stereocenters. The number of halogens is 1. The zero-order valence-electron chi connectivity index (χ0n) is 14.0. The lowest BCUT2D eigenvalue weighted by Gasteiger charge is -2.09. The molecule has 0 aliphatic heterocycles. The van der Waals surface area contributed by atoms with Crippen molar-refractivity contribution in [2.45, 2.75) is 12.8 Å². The monoisotopic (exact) mass is 374 g/mol. The fourth-order valence-corrected chi connectivity index (χ4v) is 3.46. The van der Waals surface area contributed by atoms with Gasteiger partial charge in [-0.05, 0) is 24.1 Å². The van der Waals surface area contributed by atoms with Gasteiger partial charge in [0.2, 0.25) is 5.91 Å². The predicted molar refractivity (Wildman–Crippen MR) is 101 cm³/mol. The molecule has 2 heterocycles. The number of fused-ring (bicyclic) bond motifs is 1. The summed E-state index contributed by atoms with van der Waals surface area (Å²) in [7, 11) is 0. The average molecular weight is 374 g/mol. The number of benzene rings is 1. The Morgan fingerprint density at radius 1 is 1.19 bits per heavy atom. The molecule has 8 heteroatoms. The van der Waals surface area contributed by atoms with Crippen LogP contribution in [0.1, 0.15) is 12.8 Å². The predicted octanol–water partition coefficient (Wildman–Crippen LogP) is 2.80. The molecule has 3 N–H and O–H groups in total. The highest BCUT2D eigenvalue weighted by atomic mass is 32.1. The Hall–Kier alpha value is -2.58. The van der Waals surface area contributed by atoms with Crippen molar-refractivity contribution in [1.82, 2.24) is 15.3 Å². The summed E-state index contributed by atoms with van der Waals surface area (Å²) in [5, 5.41) is 17.5. The van der Waals surface area contributed by atoms with E-state index >= 15 is 0 Å². The van der Waals surface area contributed by atoms with Gasteiger partial charge in [0.05, 0.1) is 5.39 Å². The Bertz CT molecular complexity index is 883. The highest BCUT2D eigenvalue weighted by molar-refractivity contribution is 7.17. The molecule has 136 valence electrons. The fraction of sp³-hybridized carbons (Fsp3) is 0.278. The third kappa shape index (κ3) is 4.33. The molecule has 0 fully saturated rings. The molecule has 0 aliphatic rings. The van der Waals surface area contributed by atoms with Gasteiger partial charge in [-0.2, -0.15) is 0 Å². The van der Waals surface area contributed by atoms with E-state index in [2.05, 4.69) is 20.6 Å². The number of aromatic nitrogens is 2. The van der Waals surface area contributed by atoms with E-state index < -0.39 is 0 Å². The number of thiophene rings is 1. The number of aliphatic hydroxyl groups is 1. The molecule has 0 radical (unpaired) electrons. The summed E-state index contributed by atoms with van der Waals surface area (Å²) in [6, 6.07) is 6.29. The molecular formula is C18H19FN4O2S. The molecule has 6 nitrogen and oxygen atoms in total. The fourth-order valence-electron chi connectivity index (χ4n) is 2.54. The third-order valence-corrected chi connectivity index (χ3v) is 4.71. The number of carbonyl (C=O) groups excluding carboxylic acids is 1. The maximum atomic E-state index is 13.2. The van der Waals surface area contributed by atoms with Gasteiger partial charge in [0.1, 0.15) is 22.8 Å². The van der Waals surface area contributed by atoms with Crippen LogP contribution in [0.3, 0.4) is 0 Å². The van der Waals surface area contributed by atoms with Gasteiger partial charge in [-0.3, -0.25) is 4.79 Å². The van der Waals surface area contributed by atoms with Crippen LogP contribution in [0.4, 0.5) is 10.2 Å². The van der Waals surface area contributed by atoms with Crippen LogP contribution in [0.15, 0.2) is 36.0 Å². The highest BCUT2D eigenvalue weighted by Gasteiger charge is 2.13. The Morgan fingerprint density at radius 2 is 2.00 bits per heavy atom. The molecule has 1 aromatic carbocycles. The van der Waals surface area contributed by atoms with Crippen molar-refractivity contribution in [3.63, 3.8) is 0 Å². The molecule has 3 rings (SSSR count). The Morgan fingerprint density at radius 3 is 2.77 bits per heavy atom. The zero-order valence-corrected chi connectivity index (χ0v) is 14.9. The molecule has 1 amide bonds. The molecule has 0 unspecified atom stereocenters. The number of hydrogen-bond acceptors (Lipinski definition) is 6. The van der Waals surface area contributed by atoms with Gasteiger partial charge in [0.15, 0.2) is 0 Å². The summed E-state index contributed by atoms with van der Waals surface area (Å²) in [6.45, 7) is 0.948. The molecule has 0 saturated heterocycles. The first-order chi connectivity index (χ1) is 12.7. The molecule has 26 heavy (non-hydrogen) atoms. The van der Waals surface area contributed by atoms with Gasteiger partial charge < -0.3 is 15.7 Å². The molecule has 0 bridgehead atoms. The van der Waals surface area contributed by atoms with Crippen LogP contribution in [0, 0.1) is 5.82 Å². The van der Waals surface area contributed by atoms with Gasteiger partial charge in [-0.15, -0.1) is 11.3 Å². The number of carbonyl (C=O) groups is 1. The summed E-state index contributed by atoms with van der Waals surface area (Å²) in [6.07, 6.45) is 2.32. The van der Waals surface area contributed by atoms with Crippen LogP contribution < -0.4 is 10.6 Å². The Kier molecular flexibility index (Phi) is 6.08. The average Bonchev–Trinajstić information content (AvgIpc) is 3.08. The van der Waals surface area contributed by atoms with Crippen LogP contribution in [-0.4, -0.2) is 40.7 Å². The number of nitrogens with one attached hydrogen (secondary N) is 2. The minimum atomic E-state index is -0.282. The summed E-state index contributed by atoms with van der Waals surface area (Å²) in [4.78, 5) is 21.2. The SMILES string of the molecule is O=C(CCNc1ncnc2scc(-c3ccc(F)cc3)c12)NCCCO. The van der Waals surface area contributed by atoms with Crippen LogP contribution in [0.2, 0.25) is 0 Å². The first-order valence-corrected chi connectivity index (χ1v) is 9.16. The Balaban J connectivity index is 1.73. The van der Waals surface area contributed by atoms with Crippen molar-refractivity contribution in [2.75, 3.05) is 25.0 Å². The number of hydrogen-bond donors (Lipinski definition) is 3.